The Morgan fingerprint density at radius 1 is 1.61 bits per heavy atom. The summed E-state index contributed by atoms with van der Waals surface area (Å²) in [6.45, 7) is 1.85. The molecule has 0 radical (unpaired) electrons. The molecule has 120 valence electrons. The number of hydrogen-bond acceptors (Lipinski definition) is 8. The number of nitrogen functional groups attached to an aromatic ring is 1. The van der Waals surface area contributed by atoms with Crippen LogP contribution in [0.2, 0.25) is 0 Å². The number of carbonyl (C=O) groups excluding carboxylic acids is 1. The zero-order chi connectivity index (χ0) is 17.0. The smallest absolute Gasteiger partial charge is 0.311 e. The number of rotatable bonds is 5. The van der Waals surface area contributed by atoms with Crippen molar-refractivity contribution in [2.75, 3.05) is 5.73 Å². The number of nitrogens with two attached hydrogens (primary N) is 1. The predicted molar refractivity (Wildman–Crippen MR) is 85.7 cm³/mol. The molecule has 0 saturated heterocycles. The SMILES string of the molecule is CCc1nc(N)sc1C(=O)N/N=C\c1ccc(O)c([N+](=O)[O-])c1. The number of nitrogens with one attached hydrogen (secondary N) is 1. The lowest BCUT2D eigenvalue weighted by Gasteiger charge is -1.99. The van der Waals surface area contributed by atoms with Crippen LogP contribution in [0.1, 0.15) is 27.9 Å². The highest BCUT2D eigenvalue weighted by atomic mass is 32.1. The summed E-state index contributed by atoms with van der Waals surface area (Å²) in [5, 5.41) is 24.1. The topological polar surface area (TPSA) is 144 Å². The molecular weight excluding hydrogens is 322 g/mol. The number of nitro groups is 1. The lowest BCUT2D eigenvalue weighted by molar-refractivity contribution is -0.385. The molecule has 2 aromatic rings. The first kappa shape index (κ1) is 16.4. The van der Waals surface area contributed by atoms with E-state index in [1.165, 1.54) is 18.3 Å². The molecule has 0 spiro atoms. The maximum Gasteiger partial charge on any atom is 0.311 e. The predicted octanol–water partition coefficient (Wildman–Crippen LogP) is 1.67. The molecule has 0 unspecified atom stereocenters. The van der Waals surface area contributed by atoms with E-state index in [1.54, 1.807) is 0 Å². The van der Waals surface area contributed by atoms with Crippen molar-refractivity contribution >= 4 is 34.3 Å². The Kier molecular flexibility index (Phi) is 4.86. The van der Waals surface area contributed by atoms with Gasteiger partial charge in [-0.25, -0.2) is 10.4 Å². The molecule has 0 aliphatic rings. The number of phenols is 1. The third-order valence-electron chi connectivity index (χ3n) is 2.83. The van der Waals surface area contributed by atoms with Crippen molar-refractivity contribution in [2.45, 2.75) is 13.3 Å². The number of benzene rings is 1. The van der Waals surface area contributed by atoms with Gasteiger partial charge in [-0.05, 0) is 18.6 Å². The van der Waals surface area contributed by atoms with Crippen molar-refractivity contribution in [1.29, 1.82) is 0 Å². The highest BCUT2D eigenvalue weighted by molar-refractivity contribution is 7.17. The highest BCUT2D eigenvalue weighted by Gasteiger charge is 2.15. The molecule has 2 rings (SSSR count). The van der Waals surface area contributed by atoms with Gasteiger partial charge in [0.25, 0.3) is 5.91 Å². The summed E-state index contributed by atoms with van der Waals surface area (Å²) < 4.78 is 0. The standard InChI is InChI=1S/C13H13N5O4S/c1-2-8-11(23-13(14)16-8)12(20)17-15-6-7-3-4-10(19)9(5-7)18(21)22/h3-6,19H,2H2,1H3,(H2,14,16)(H,17,20)/b15-6-. The molecule has 1 heterocycles. The van der Waals surface area contributed by atoms with Crippen LogP contribution in [0.3, 0.4) is 0 Å². The molecule has 0 bridgehead atoms. The van der Waals surface area contributed by atoms with E-state index in [0.29, 0.717) is 27.7 Å². The first-order valence-electron chi connectivity index (χ1n) is 6.48. The number of nitro benzene ring substituents is 1. The summed E-state index contributed by atoms with van der Waals surface area (Å²) in [7, 11) is 0. The summed E-state index contributed by atoms with van der Waals surface area (Å²) in [6, 6.07) is 3.76. The number of amides is 1. The van der Waals surface area contributed by atoms with Crippen LogP contribution in [0.25, 0.3) is 0 Å². The Labute approximate surface area is 134 Å². The summed E-state index contributed by atoms with van der Waals surface area (Å²) in [4.78, 5) is 26.4. The average Bonchev–Trinajstić information content (AvgIpc) is 2.89. The molecule has 0 saturated carbocycles. The molecule has 1 amide bonds. The molecule has 10 heteroatoms. The minimum Gasteiger partial charge on any atom is -0.502 e. The van der Waals surface area contributed by atoms with Gasteiger partial charge in [0.2, 0.25) is 0 Å². The Morgan fingerprint density at radius 3 is 3.00 bits per heavy atom. The molecule has 0 aliphatic carbocycles. The van der Waals surface area contributed by atoms with Gasteiger partial charge in [-0.3, -0.25) is 14.9 Å². The van der Waals surface area contributed by atoms with Gasteiger partial charge in [-0.15, -0.1) is 0 Å². The number of nitrogens with zero attached hydrogens (tertiary/aromatic N) is 3. The second-order valence-corrected chi connectivity index (χ2v) is 5.42. The molecule has 1 aromatic heterocycles. The Morgan fingerprint density at radius 2 is 2.35 bits per heavy atom. The number of phenolic OH excluding ortho intramolecular Hbond substituents is 1. The normalized spacial score (nSPS) is 10.8. The van der Waals surface area contributed by atoms with E-state index < -0.39 is 22.3 Å². The minimum absolute atomic E-state index is 0.296. The molecule has 0 atom stereocenters. The van der Waals surface area contributed by atoms with E-state index in [2.05, 4.69) is 15.5 Å². The monoisotopic (exact) mass is 335 g/mol. The van der Waals surface area contributed by atoms with Crippen molar-refractivity contribution in [3.8, 4) is 5.75 Å². The molecule has 4 N–H and O–H groups in total. The van der Waals surface area contributed by atoms with Gasteiger partial charge in [0.05, 0.1) is 16.8 Å². The third-order valence-corrected chi connectivity index (χ3v) is 3.76. The number of aromatic hydroxyl groups is 1. The Bertz CT molecular complexity index is 787. The van der Waals surface area contributed by atoms with Crippen LogP contribution in [0, 0.1) is 10.1 Å². The highest BCUT2D eigenvalue weighted by Crippen LogP contribution is 2.25. The Balaban J connectivity index is 2.11. The van der Waals surface area contributed by atoms with Crippen LogP contribution in [0.5, 0.6) is 5.75 Å². The van der Waals surface area contributed by atoms with E-state index in [-0.39, 0.29) is 0 Å². The summed E-state index contributed by atoms with van der Waals surface area (Å²) in [5.74, 6) is -0.899. The number of anilines is 1. The van der Waals surface area contributed by atoms with Crippen molar-refractivity contribution in [3.05, 3.63) is 44.4 Å². The van der Waals surface area contributed by atoms with Crippen LogP contribution >= 0.6 is 11.3 Å². The molecule has 23 heavy (non-hydrogen) atoms. The van der Waals surface area contributed by atoms with Gasteiger partial charge in [0.1, 0.15) is 4.88 Å². The van der Waals surface area contributed by atoms with Crippen LogP contribution < -0.4 is 11.2 Å². The lowest BCUT2D eigenvalue weighted by Crippen LogP contribution is -2.17. The van der Waals surface area contributed by atoms with Gasteiger partial charge in [-0.2, -0.15) is 5.10 Å². The minimum atomic E-state index is -0.709. The van der Waals surface area contributed by atoms with Crippen LogP contribution in [-0.2, 0) is 6.42 Å². The number of carbonyl (C=O) groups is 1. The van der Waals surface area contributed by atoms with E-state index >= 15 is 0 Å². The number of aryl methyl sites for hydroxylation is 1. The first-order valence-corrected chi connectivity index (χ1v) is 7.30. The summed E-state index contributed by atoms with van der Waals surface area (Å²) in [6.07, 6.45) is 1.80. The molecule has 0 fully saturated rings. The molecule has 0 aliphatic heterocycles. The Hall–Kier alpha value is -3.01. The zero-order valence-electron chi connectivity index (χ0n) is 12.0. The van der Waals surface area contributed by atoms with E-state index in [4.69, 9.17) is 5.73 Å². The fourth-order valence-electron chi connectivity index (χ4n) is 1.77. The van der Waals surface area contributed by atoms with Gasteiger partial charge in [-0.1, -0.05) is 18.3 Å². The van der Waals surface area contributed by atoms with Gasteiger partial charge >= 0.3 is 5.69 Å². The number of hydrazone groups is 1. The largest absolute Gasteiger partial charge is 0.502 e. The summed E-state index contributed by atoms with van der Waals surface area (Å²) in [5.41, 5.74) is 8.38. The fraction of sp³-hybridized carbons (Fsp3) is 0.154. The van der Waals surface area contributed by atoms with Crippen molar-refractivity contribution in [1.82, 2.24) is 10.4 Å². The van der Waals surface area contributed by atoms with Crippen LogP contribution in [-0.4, -0.2) is 27.1 Å². The maximum atomic E-state index is 12.0. The number of aromatic nitrogens is 1. The van der Waals surface area contributed by atoms with E-state index in [9.17, 15) is 20.0 Å². The third kappa shape index (κ3) is 3.80. The lowest BCUT2D eigenvalue weighted by atomic mass is 10.2. The average molecular weight is 335 g/mol. The van der Waals surface area contributed by atoms with Gasteiger partial charge in [0.15, 0.2) is 10.9 Å². The van der Waals surface area contributed by atoms with E-state index in [0.717, 1.165) is 17.4 Å². The van der Waals surface area contributed by atoms with Crippen LogP contribution in [0.4, 0.5) is 10.8 Å². The second kappa shape index (κ2) is 6.83. The first-order chi connectivity index (χ1) is 10.9. The van der Waals surface area contributed by atoms with E-state index in [1.807, 2.05) is 6.92 Å². The zero-order valence-corrected chi connectivity index (χ0v) is 12.8. The quantitative estimate of drug-likeness (QED) is 0.430. The molecule has 1 aromatic carbocycles. The fourth-order valence-corrected chi connectivity index (χ4v) is 2.58. The van der Waals surface area contributed by atoms with Crippen molar-refractivity contribution < 1.29 is 14.8 Å². The number of hydrogen-bond donors (Lipinski definition) is 3. The second-order valence-electron chi connectivity index (χ2n) is 4.39. The number of thiazole rings is 1. The van der Waals surface area contributed by atoms with Crippen molar-refractivity contribution in [2.24, 2.45) is 5.10 Å². The van der Waals surface area contributed by atoms with Crippen molar-refractivity contribution in [3.63, 3.8) is 0 Å². The van der Waals surface area contributed by atoms with Gasteiger partial charge in [0, 0.05) is 11.6 Å². The van der Waals surface area contributed by atoms with Crippen LogP contribution in [0.15, 0.2) is 23.3 Å². The molecular formula is C13H13N5O4S. The maximum absolute atomic E-state index is 12.0. The summed E-state index contributed by atoms with van der Waals surface area (Å²) >= 11 is 1.06. The molecule has 9 nitrogen and oxygen atoms in total. The van der Waals surface area contributed by atoms with Gasteiger partial charge < -0.3 is 10.8 Å².